The number of hydrogen-bond acceptors (Lipinski definition) is 5. The fraction of sp³-hybridized carbons (Fsp3) is 0.148. The van der Waals surface area contributed by atoms with Gasteiger partial charge in [-0.3, -0.25) is 14.5 Å². The highest BCUT2D eigenvalue weighted by Gasteiger charge is 2.34. The lowest BCUT2D eigenvalue weighted by Crippen LogP contribution is -2.31. The molecule has 0 saturated heterocycles. The van der Waals surface area contributed by atoms with Crippen LogP contribution in [-0.4, -0.2) is 35.4 Å². The van der Waals surface area contributed by atoms with Crippen LogP contribution in [0.15, 0.2) is 77.2 Å². The quantitative estimate of drug-likeness (QED) is 0.317. The second-order valence-corrected chi connectivity index (χ2v) is 8.01. The smallest absolute Gasteiger partial charge is 0.313 e. The van der Waals surface area contributed by atoms with Crippen molar-refractivity contribution in [3.63, 3.8) is 0 Å². The molecule has 0 fully saturated rings. The van der Waals surface area contributed by atoms with E-state index in [-0.39, 0.29) is 24.1 Å². The monoisotopic (exact) mass is 474 g/mol. The maximum atomic E-state index is 13.3. The van der Waals surface area contributed by atoms with Gasteiger partial charge in [-0.2, -0.15) is 8.78 Å². The topological polar surface area (TPSA) is 72.6 Å². The number of ether oxygens (including phenoxy) is 1. The molecular formula is C27H20F2N2O4. The van der Waals surface area contributed by atoms with Gasteiger partial charge in [-0.15, -0.1) is 0 Å². The van der Waals surface area contributed by atoms with Gasteiger partial charge in [0, 0.05) is 17.7 Å². The first kappa shape index (κ1) is 22.5. The number of hydrogen-bond donors (Lipinski definition) is 0. The molecule has 1 aliphatic rings. The van der Waals surface area contributed by atoms with Crippen LogP contribution in [0.4, 0.5) is 8.78 Å². The summed E-state index contributed by atoms with van der Waals surface area (Å²) in [7, 11) is 1.54. The second kappa shape index (κ2) is 9.13. The van der Waals surface area contributed by atoms with Crippen molar-refractivity contribution in [3.05, 3.63) is 95.4 Å². The first-order chi connectivity index (χ1) is 17.0. The molecule has 0 spiro atoms. The molecule has 0 bridgehead atoms. The fourth-order valence-corrected chi connectivity index (χ4v) is 4.08. The molecule has 6 nitrogen and oxygen atoms in total. The third-order valence-corrected chi connectivity index (χ3v) is 5.91. The summed E-state index contributed by atoms with van der Waals surface area (Å²) < 4.78 is 37.3. The van der Waals surface area contributed by atoms with Crippen molar-refractivity contribution in [2.24, 2.45) is 0 Å². The summed E-state index contributed by atoms with van der Waals surface area (Å²) in [5.41, 5.74) is 3.22. The molecule has 2 amide bonds. The van der Waals surface area contributed by atoms with E-state index in [1.54, 1.807) is 67.8 Å². The number of benzene rings is 3. The van der Waals surface area contributed by atoms with Gasteiger partial charge in [0.1, 0.15) is 11.4 Å². The molecule has 0 unspecified atom stereocenters. The Hall–Kier alpha value is -4.33. The van der Waals surface area contributed by atoms with Crippen molar-refractivity contribution in [2.45, 2.75) is 12.8 Å². The number of imide groups is 1. The SMILES string of the molecule is COc1ccc(-c2nc(C(F)F)oc2-c2ccc(CCN3C(=O)c4ccccc4C3=O)cc2)cc1. The fourth-order valence-electron chi connectivity index (χ4n) is 4.08. The molecule has 8 heteroatoms. The third kappa shape index (κ3) is 4.19. The lowest BCUT2D eigenvalue weighted by atomic mass is 10.0. The number of oxazole rings is 1. The van der Waals surface area contributed by atoms with Crippen LogP contribution >= 0.6 is 0 Å². The normalized spacial score (nSPS) is 13.0. The second-order valence-electron chi connectivity index (χ2n) is 8.01. The van der Waals surface area contributed by atoms with E-state index >= 15 is 0 Å². The summed E-state index contributed by atoms with van der Waals surface area (Å²) in [5.74, 6) is -0.381. The lowest BCUT2D eigenvalue weighted by Gasteiger charge is -2.13. The van der Waals surface area contributed by atoms with Gasteiger partial charge in [0.25, 0.3) is 17.7 Å². The van der Waals surface area contributed by atoms with Gasteiger partial charge in [0.15, 0.2) is 5.76 Å². The largest absolute Gasteiger partial charge is 0.497 e. The van der Waals surface area contributed by atoms with E-state index in [1.807, 2.05) is 12.1 Å². The molecule has 0 radical (unpaired) electrons. The van der Waals surface area contributed by atoms with E-state index in [2.05, 4.69) is 4.98 Å². The van der Waals surface area contributed by atoms with Crippen LogP contribution in [-0.2, 0) is 6.42 Å². The number of halogens is 2. The molecular weight excluding hydrogens is 454 g/mol. The molecule has 176 valence electrons. The van der Waals surface area contributed by atoms with E-state index in [0.29, 0.717) is 40.1 Å². The minimum absolute atomic E-state index is 0.234. The van der Waals surface area contributed by atoms with E-state index in [1.165, 1.54) is 4.90 Å². The average Bonchev–Trinajstić information content (AvgIpc) is 3.44. The minimum Gasteiger partial charge on any atom is -0.497 e. The number of aromatic nitrogens is 1. The molecule has 35 heavy (non-hydrogen) atoms. The first-order valence-corrected chi connectivity index (χ1v) is 10.9. The van der Waals surface area contributed by atoms with Gasteiger partial charge in [-0.1, -0.05) is 36.4 Å². The number of carbonyl (C=O) groups is 2. The Balaban J connectivity index is 1.36. The minimum atomic E-state index is -2.85. The van der Waals surface area contributed by atoms with Crippen molar-refractivity contribution in [1.82, 2.24) is 9.88 Å². The van der Waals surface area contributed by atoms with Crippen molar-refractivity contribution in [3.8, 4) is 28.3 Å². The number of rotatable bonds is 7. The van der Waals surface area contributed by atoms with Crippen molar-refractivity contribution in [2.75, 3.05) is 13.7 Å². The van der Waals surface area contributed by atoms with Crippen LogP contribution in [0.3, 0.4) is 0 Å². The lowest BCUT2D eigenvalue weighted by molar-refractivity contribution is 0.0656. The first-order valence-electron chi connectivity index (χ1n) is 10.9. The van der Waals surface area contributed by atoms with Crippen molar-refractivity contribution >= 4 is 11.8 Å². The number of methoxy groups -OCH3 is 1. The molecule has 0 atom stereocenters. The summed E-state index contributed by atoms with van der Waals surface area (Å²) in [4.78, 5) is 30.4. The Kier molecular flexibility index (Phi) is 5.86. The van der Waals surface area contributed by atoms with Gasteiger partial charge in [-0.05, 0) is 48.4 Å². The zero-order valence-electron chi connectivity index (χ0n) is 18.7. The Morgan fingerprint density at radius 3 is 2.06 bits per heavy atom. The van der Waals surface area contributed by atoms with Crippen LogP contribution in [0.1, 0.15) is 38.6 Å². The molecule has 0 N–H and O–H groups in total. The Labute approximate surface area is 199 Å². The summed E-state index contributed by atoms with van der Waals surface area (Å²) in [6.07, 6.45) is -2.39. The summed E-state index contributed by atoms with van der Waals surface area (Å²) in [6.45, 7) is 0.237. The van der Waals surface area contributed by atoms with Crippen LogP contribution in [0.25, 0.3) is 22.6 Å². The van der Waals surface area contributed by atoms with Crippen LogP contribution in [0, 0.1) is 0 Å². The predicted octanol–water partition coefficient (Wildman–Crippen LogP) is 5.79. The maximum Gasteiger partial charge on any atom is 0.313 e. The zero-order valence-corrected chi connectivity index (χ0v) is 18.7. The summed E-state index contributed by atoms with van der Waals surface area (Å²) in [5, 5.41) is 0. The molecule has 0 aliphatic carbocycles. The predicted molar refractivity (Wildman–Crippen MR) is 124 cm³/mol. The highest BCUT2D eigenvalue weighted by atomic mass is 19.3. The van der Waals surface area contributed by atoms with Gasteiger partial charge >= 0.3 is 6.43 Å². The standard InChI is InChI=1S/C27H20F2N2O4/c1-34-19-12-10-17(11-13-19)22-23(35-25(30-22)24(28)29)18-8-6-16(7-9-18)14-15-31-26(32)20-4-2-3-5-21(20)27(31)33/h2-13,24H,14-15H2,1H3. The van der Waals surface area contributed by atoms with E-state index in [4.69, 9.17) is 9.15 Å². The van der Waals surface area contributed by atoms with Gasteiger partial charge < -0.3 is 9.15 Å². The van der Waals surface area contributed by atoms with E-state index in [9.17, 15) is 18.4 Å². The molecule has 0 saturated carbocycles. The molecule has 3 aromatic carbocycles. The molecule has 4 aromatic rings. The number of alkyl halides is 2. The van der Waals surface area contributed by atoms with Gasteiger partial charge in [0.2, 0.25) is 0 Å². The Morgan fingerprint density at radius 2 is 1.49 bits per heavy atom. The summed E-state index contributed by atoms with van der Waals surface area (Å²) >= 11 is 0. The van der Waals surface area contributed by atoms with Crippen LogP contribution in [0.2, 0.25) is 0 Å². The number of amides is 2. The van der Waals surface area contributed by atoms with Crippen LogP contribution < -0.4 is 4.74 Å². The Morgan fingerprint density at radius 1 is 0.886 bits per heavy atom. The number of fused-ring (bicyclic) bond motifs is 1. The highest BCUT2D eigenvalue weighted by molar-refractivity contribution is 6.21. The van der Waals surface area contributed by atoms with Crippen molar-refractivity contribution < 1.29 is 27.5 Å². The van der Waals surface area contributed by atoms with Crippen molar-refractivity contribution in [1.29, 1.82) is 0 Å². The van der Waals surface area contributed by atoms with E-state index in [0.717, 1.165) is 5.56 Å². The average molecular weight is 474 g/mol. The third-order valence-electron chi connectivity index (χ3n) is 5.91. The van der Waals surface area contributed by atoms with E-state index < -0.39 is 12.3 Å². The number of nitrogens with zero attached hydrogens (tertiary/aromatic N) is 2. The van der Waals surface area contributed by atoms with Crippen LogP contribution in [0.5, 0.6) is 5.75 Å². The maximum absolute atomic E-state index is 13.3. The molecule has 1 aromatic heterocycles. The summed E-state index contributed by atoms with van der Waals surface area (Å²) in [6, 6.07) is 20.8. The molecule has 5 rings (SSSR count). The van der Waals surface area contributed by atoms with Gasteiger partial charge in [0.05, 0.1) is 18.2 Å². The highest BCUT2D eigenvalue weighted by Crippen LogP contribution is 2.36. The zero-order chi connectivity index (χ0) is 24.5. The van der Waals surface area contributed by atoms with Gasteiger partial charge in [-0.25, -0.2) is 4.98 Å². The molecule has 1 aliphatic heterocycles. The molecule has 2 heterocycles. The number of carbonyl (C=O) groups excluding carboxylic acids is 2. The Bertz CT molecular complexity index is 1360.